The summed E-state index contributed by atoms with van der Waals surface area (Å²) in [6.45, 7) is 5.76. The van der Waals surface area contributed by atoms with Crippen LogP contribution in [0.3, 0.4) is 0 Å². The van der Waals surface area contributed by atoms with Gasteiger partial charge in [-0.15, -0.1) is 0 Å². The molecule has 0 aliphatic rings. The Hall–Kier alpha value is -2.48. The Morgan fingerprint density at radius 2 is 1.43 bits per heavy atom. The molecule has 2 nitrogen and oxygen atoms in total. The molecule has 2 rings (SSSR count). The van der Waals surface area contributed by atoms with Crippen molar-refractivity contribution in [3.05, 3.63) is 59.2 Å². The van der Waals surface area contributed by atoms with Gasteiger partial charge in [-0.2, -0.15) is 0 Å². The van der Waals surface area contributed by atoms with Gasteiger partial charge in [0.1, 0.15) is 11.5 Å². The van der Waals surface area contributed by atoms with Crippen LogP contribution in [0.25, 0.3) is 23.3 Å². The highest BCUT2D eigenvalue weighted by molar-refractivity contribution is 5.80. The van der Waals surface area contributed by atoms with Gasteiger partial charge in [-0.25, -0.2) is 0 Å². The van der Waals surface area contributed by atoms with Crippen LogP contribution >= 0.6 is 0 Å². The lowest BCUT2D eigenvalue weighted by atomic mass is 9.96. The molecule has 108 valence electrons. The third-order valence-corrected chi connectivity index (χ3v) is 3.35. The van der Waals surface area contributed by atoms with Gasteiger partial charge in [0.15, 0.2) is 0 Å². The SMILES string of the molecule is C/C=C/c1ccc(O)c(-c2cc(/C=C/C)cc(C)c2O)c1. The van der Waals surface area contributed by atoms with Gasteiger partial charge in [-0.05, 0) is 61.7 Å². The zero-order valence-electron chi connectivity index (χ0n) is 12.6. The summed E-state index contributed by atoms with van der Waals surface area (Å²) in [4.78, 5) is 0. The van der Waals surface area contributed by atoms with Gasteiger partial charge in [0.05, 0.1) is 0 Å². The van der Waals surface area contributed by atoms with Crippen molar-refractivity contribution in [1.29, 1.82) is 0 Å². The molecule has 2 N–H and O–H groups in total. The minimum atomic E-state index is 0.163. The summed E-state index contributed by atoms with van der Waals surface area (Å²) >= 11 is 0. The molecule has 2 aromatic carbocycles. The Labute approximate surface area is 125 Å². The first-order valence-electron chi connectivity index (χ1n) is 6.99. The zero-order chi connectivity index (χ0) is 15.4. The Kier molecular flexibility index (Phi) is 4.49. The standard InChI is InChI=1S/C19H20O2/c1-4-6-14-8-9-18(20)16(11-14)17-12-15(7-5-2)10-13(3)19(17)21/h4-12,20-21H,1-3H3/b6-4+,7-5+. The number of hydrogen-bond acceptors (Lipinski definition) is 2. The highest BCUT2D eigenvalue weighted by atomic mass is 16.3. The van der Waals surface area contributed by atoms with Crippen LogP contribution in [-0.4, -0.2) is 10.2 Å². The fourth-order valence-electron chi connectivity index (χ4n) is 2.37. The lowest BCUT2D eigenvalue weighted by molar-refractivity contribution is 0.466. The first-order valence-corrected chi connectivity index (χ1v) is 6.99. The maximum atomic E-state index is 10.3. The summed E-state index contributed by atoms with van der Waals surface area (Å²) in [7, 11) is 0. The van der Waals surface area contributed by atoms with E-state index >= 15 is 0 Å². The van der Waals surface area contributed by atoms with Crippen LogP contribution in [0.4, 0.5) is 0 Å². The fourth-order valence-corrected chi connectivity index (χ4v) is 2.37. The van der Waals surface area contributed by atoms with E-state index in [9.17, 15) is 10.2 Å². The minimum absolute atomic E-state index is 0.163. The van der Waals surface area contributed by atoms with Crippen LogP contribution in [0.1, 0.15) is 30.5 Å². The summed E-state index contributed by atoms with van der Waals surface area (Å²) in [5.41, 5.74) is 4.05. The van der Waals surface area contributed by atoms with Gasteiger partial charge in [0.2, 0.25) is 0 Å². The smallest absolute Gasteiger partial charge is 0.126 e. The molecule has 0 bridgehead atoms. The van der Waals surface area contributed by atoms with E-state index in [-0.39, 0.29) is 11.5 Å². The molecule has 2 aromatic rings. The second kappa shape index (κ2) is 6.31. The second-order valence-electron chi connectivity index (χ2n) is 5.01. The third-order valence-electron chi connectivity index (χ3n) is 3.35. The molecule has 0 fully saturated rings. The molecule has 0 radical (unpaired) electrons. The summed E-state index contributed by atoms with van der Waals surface area (Å²) in [5.74, 6) is 0.367. The fraction of sp³-hybridized carbons (Fsp3) is 0.158. The maximum Gasteiger partial charge on any atom is 0.126 e. The lowest BCUT2D eigenvalue weighted by Crippen LogP contribution is -1.87. The highest BCUT2D eigenvalue weighted by Gasteiger charge is 2.12. The molecular formula is C19H20O2. The summed E-state index contributed by atoms with van der Waals surface area (Å²) < 4.78 is 0. The molecule has 0 heterocycles. The van der Waals surface area contributed by atoms with Gasteiger partial charge < -0.3 is 10.2 Å². The third kappa shape index (κ3) is 3.16. The van der Waals surface area contributed by atoms with Crippen molar-refractivity contribution in [1.82, 2.24) is 0 Å². The number of phenols is 2. The van der Waals surface area contributed by atoms with Gasteiger partial charge in [0.25, 0.3) is 0 Å². The molecule has 0 aliphatic heterocycles. The molecule has 0 saturated carbocycles. The van der Waals surface area contributed by atoms with E-state index in [0.717, 1.165) is 16.7 Å². The molecule has 0 spiro atoms. The quantitative estimate of drug-likeness (QED) is 0.817. The first-order chi connectivity index (χ1) is 10.1. The van der Waals surface area contributed by atoms with E-state index < -0.39 is 0 Å². The number of rotatable bonds is 3. The van der Waals surface area contributed by atoms with Gasteiger partial charge >= 0.3 is 0 Å². The van der Waals surface area contributed by atoms with Crippen LogP contribution in [0.5, 0.6) is 11.5 Å². The molecule has 21 heavy (non-hydrogen) atoms. The van der Waals surface area contributed by atoms with Crippen molar-refractivity contribution in [2.75, 3.05) is 0 Å². The van der Waals surface area contributed by atoms with E-state index in [0.29, 0.717) is 11.1 Å². The predicted octanol–water partition coefficient (Wildman–Crippen LogP) is 5.14. The van der Waals surface area contributed by atoms with Crippen molar-refractivity contribution < 1.29 is 10.2 Å². The van der Waals surface area contributed by atoms with Crippen LogP contribution in [0.2, 0.25) is 0 Å². The van der Waals surface area contributed by atoms with E-state index in [1.165, 1.54) is 0 Å². The van der Waals surface area contributed by atoms with E-state index in [1.807, 2.05) is 69.3 Å². The monoisotopic (exact) mass is 280 g/mol. The largest absolute Gasteiger partial charge is 0.507 e. The number of phenolic OH excluding ortho intramolecular Hbond substituents is 2. The summed E-state index contributed by atoms with van der Waals surface area (Å²) in [6.07, 6.45) is 7.83. The van der Waals surface area contributed by atoms with Crippen molar-refractivity contribution in [3.8, 4) is 22.6 Å². The molecule has 0 saturated heterocycles. The van der Waals surface area contributed by atoms with Crippen molar-refractivity contribution in [2.45, 2.75) is 20.8 Å². The van der Waals surface area contributed by atoms with Crippen LogP contribution < -0.4 is 0 Å². The van der Waals surface area contributed by atoms with E-state index in [1.54, 1.807) is 6.07 Å². The van der Waals surface area contributed by atoms with Crippen molar-refractivity contribution in [3.63, 3.8) is 0 Å². The number of aromatic hydroxyl groups is 2. The van der Waals surface area contributed by atoms with Gasteiger partial charge in [-0.1, -0.05) is 30.4 Å². The molecule has 2 heteroatoms. The Morgan fingerprint density at radius 3 is 2.10 bits per heavy atom. The summed E-state index contributed by atoms with van der Waals surface area (Å²) in [5, 5.41) is 20.5. The number of benzene rings is 2. The van der Waals surface area contributed by atoms with Crippen LogP contribution in [-0.2, 0) is 0 Å². The van der Waals surface area contributed by atoms with Crippen molar-refractivity contribution >= 4 is 12.2 Å². The van der Waals surface area contributed by atoms with Crippen molar-refractivity contribution in [2.24, 2.45) is 0 Å². The van der Waals surface area contributed by atoms with E-state index in [4.69, 9.17) is 0 Å². The Morgan fingerprint density at radius 1 is 0.810 bits per heavy atom. The average molecular weight is 280 g/mol. The Balaban J connectivity index is 2.68. The average Bonchev–Trinajstić information content (AvgIpc) is 2.45. The first kappa shape index (κ1) is 14.9. The second-order valence-corrected chi connectivity index (χ2v) is 5.01. The molecule has 0 amide bonds. The van der Waals surface area contributed by atoms with Crippen LogP contribution in [0, 0.1) is 6.92 Å². The van der Waals surface area contributed by atoms with E-state index in [2.05, 4.69) is 0 Å². The number of hydrogen-bond donors (Lipinski definition) is 2. The van der Waals surface area contributed by atoms with Gasteiger partial charge in [-0.3, -0.25) is 0 Å². The normalized spacial score (nSPS) is 11.6. The predicted molar refractivity (Wildman–Crippen MR) is 89.4 cm³/mol. The molecule has 0 unspecified atom stereocenters. The van der Waals surface area contributed by atoms with Gasteiger partial charge in [0, 0.05) is 11.1 Å². The lowest BCUT2D eigenvalue weighted by Gasteiger charge is -2.12. The minimum Gasteiger partial charge on any atom is -0.507 e. The highest BCUT2D eigenvalue weighted by Crippen LogP contribution is 2.38. The number of allylic oxidation sites excluding steroid dienone is 2. The Bertz CT molecular complexity index is 710. The summed E-state index contributed by atoms with van der Waals surface area (Å²) in [6, 6.07) is 9.19. The maximum absolute atomic E-state index is 10.3. The zero-order valence-corrected chi connectivity index (χ0v) is 12.6. The molecule has 0 aliphatic carbocycles. The molecule has 0 aromatic heterocycles. The molecular weight excluding hydrogens is 260 g/mol. The topological polar surface area (TPSA) is 40.5 Å². The molecule has 0 atom stereocenters. The van der Waals surface area contributed by atoms with Crippen LogP contribution in [0.15, 0.2) is 42.5 Å². The number of aryl methyl sites for hydroxylation is 1.